The van der Waals surface area contributed by atoms with Crippen LogP contribution in [0.25, 0.3) is 10.9 Å². The van der Waals surface area contributed by atoms with E-state index in [-0.39, 0.29) is 16.1 Å². The van der Waals surface area contributed by atoms with Crippen molar-refractivity contribution in [3.63, 3.8) is 0 Å². The summed E-state index contributed by atoms with van der Waals surface area (Å²) in [5.74, 6) is 1.01. The van der Waals surface area contributed by atoms with Gasteiger partial charge in [-0.2, -0.15) is 0 Å². The van der Waals surface area contributed by atoms with Crippen molar-refractivity contribution in [1.29, 1.82) is 0 Å². The molecule has 8 nitrogen and oxygen atoms in total. The van der Waals surface area contributed by atoms with Gasteiger partial charge in [-0.3, -0.25) is 9.52 Å². The van der Waals surface area contributed by atoms with Gasteiger partial charge in [-0.25, -0.2) is 8.42 Å². The minimum absolute atomic E-state index is 0.0517. The highest BCUT2D eigenvalue weighted by atomic mass is 32.2. The Bertz CT molecular complexity index is 1130. The van der Waals surface area contributed by atoms with Gasteiger partial charge in [0.25, 0.3) is 10.0 Å². The average molecular weight is 390 g/mol. The van der Waals surface area contributed by atoms with E-state index >= 15 is 0 Å². The van der Waals surface area contributed by atoms with Gasteiger partial charge in [0.2, 0.25) is 11.3 Å². The number of rotatable bonds is 6. The van der Waals surface area contributed by atoms with Gasteiger partial charge in [0.15, 0.2) is 11.5 Å². The molecule has 3 aromatic rings. The summed E-state index contributed by atoms with van der Waals surface area (Å²) in [7, 11) is 0.472. The van der Waals surface area contributed by atoms with Crippen molar-refractivity contribution in [3.8, 4) is 17.2 Å². The van der Waals surface area contributed by atoms with E-state index in [4.69, 9.17) is 14.2 Å². The van der Waals surface area contributed by atoms with Gasteiger partial charge in [0.05, 0.1) is 31.9 Å². The van der Waals surface area contributed by atoms with Crippen LogP contribution in [0.3, 0.4) is 0 Å². The third-order valence-electron chi connectivity index (χ3n) is 3.92. The third kappa shape index (κ3) is 3.68. The van der Waals surface area contributed by atoms with Crippen molar-refractivity contribution in [2.24, 2.45) is 0 Å². The molecular weight excluding hydrogens is 372 g/mol. The van der Waals surface area contributed by atoms with Crippen LogP contribution in [0.1, 0.15) is 0 Å². The number of pyridine rings is 1. The molecule has 0 spiro atoms. The van der Waals surface area contributed by atoms with Crippen LogP contribution in [0.2, 0.25) is 0 Å². The van der Waals surface area contributed by atoms with Crippen LogP contribution >= 0.6 is 0 Å². The molecule has 3 rings (SSSR count). The normalized spacial score (nSPS) is 11.2. The van der Waals surface area contributed by atoms with Crippen LogP contribution in [-0.4, -0.2) is 34.7 Å². The SMILES string of the molecule is COc1cc(NS(=O)(=O)c2ccc3[nH]c(=O)ccc3c2)cc(OC)c1OC. The summed E-state index contributed by atoms with van der Waals surface area (Å²) in [5, 5.41) is 0.599. The van der Waals surface area contributed by atoms with Gasteiger partial charge in [0, 0.05) is 23.7 Å². The maximum absolute atomic E-state index is 12.8. The van der Waals surface area contributed by atoms with Crippen LogP contribution in [0, 0.1) is 0 Å². The lowest BCUT2D eigenvalue weighted by Gasteiger charge is -2.15. The first-order chi connectivity index (χ1) is 12.9. The first-order valence-electron chi connectivity index (χ1n) is 7.84. The Kier molecular flexibility index (Phi) is 4.95. The van der Waals surface area contributed by atoms with E-state index in [1.165, 1.54) is 51.7 Å². The highest BCUT2D eigenvalue weighted by Crippen LogP contribution is 2.40. The fourth-order valence-electron chi connectivity index (χ4n) is 2.65. The third-order valence-corrected chi connectivity index (χ3v) is 5.30. The number of aromatic amines is 1. The highest BCUT2D eigenvalue weighted by molar-refractivity contribution is 7.92. The summed E-state index contributed by atoms with van der Waals surface area (Å²) in [6.45, 7) is 0. The lowest BCUT2D eigenvalue weighted by Crippen LogP contribution is -2.13. The van der Waals surface area contributed by atoms with Gasteiger partial charge < -0.3 is 19.2 Å². The fourth-order valence-corrected chi connectivity index (χ4v) is 3.73. The number of benzene rings is 2. The molecule has 142 valence electrons. The molecule has 0 radical (unpaired) electrons. The van der Waals surface area contributed by atoms with Gasteiger partial charge in [-0.05, 0) is 29.7 Å². The number of fused-ring (bicyclic) bond motifs is 1. The maximum Gasteiger partial charge on any atom is 0.261 e. The summed E-state index contributed by atoms with van der Waals surface area (Å²) in [6.07, 6.45) is 0. The summed E-state index contributed by atoms with van der Waals surface area (Å²) < 4.78 is 43.7. The van der Waals surface area contributed by atoms with E-state index in [0.717, 1.165) is 0 Å². The Hall–Kier alpha value is -3.20. The smallest absolute Gasteiger partial charge is 0.261 e. The molecule has 0 aliphatic rings. The Morgan fingerprint density at radius 3 is 2.15 bits per heavy atom. The lowest BCUT2D eigenvalue weighted by atomic mass is 10.2. The molecule has 27 heavy (non-hydrogen) atoms. The highest BCUT2D eigenvalue weighted by Gasteiger charge is 2.19. The van der Waals surface area contributed by atoms with Crippen LogP contribution in [0.15, 0.2) is 52.2 Å². The van der Waals surface area contributed by atoms with Crippen LogP contribution in [0.5, 0.6) is 17.2 Å². The monoisotopic (exact) mass is 390 g/mol. The second-order valence-electron chi connectivity index (χ2n) is 5.59. The number of nitrogens with one attached hydrogen (secondary N) is 2. The van der Waals surface area contributed by atoms with E-state index in [2.05, 4.69) is 9.71 Å². The van der Waals surface area contributed by atoms with Gasteiger partial charge in [0.1, 0.15) is 0 Å². The summed E-state index contributed by atoms with van der Waals surface area (Å²) in [5.41, 5.74) is 0.550. The zero-order valence-electron chi connectivity index (χ0n) is 14.9. The molecule has 0 aliphatic carbocycles. The van der Waals surface area contributed by atoms with Crippen molar-refractivity contribution < 1.29 is 22.6 Å². The van der Waals surface area contributed by atoms with Crippen molar-refractivity contribution in [2.45, 2.75) is 4.90 Å². The number of aromatic nitrogens is 1. The molecule has 0 fully saturated rings. The van der Waals surface area contributed by atoms with Crippen molar-refractivity contribution >= 4 is 26.6 Å². The lowest BCUT2D eigenvalue weighted by molar-refractivity contribution is 0.325. The first-order valence-corrected chi connectivity index (χ1v) is 9.32. The molecular formula is C18H18N2O6S. The standard InChI is InChI=1S/C18H18N2O6S/c1-24-15-9-12(10-16(25-2)18(15)26-3)20-27(22,23)13-5-6-14-11(8-13)4-7-17(21)19-14/h4-10,20H,1-3H3,(H,19,21). The number of H-pyrrole nitrogens is 1. The van der Waals surface area contributed by atoms with Crippen LogP contribution in [-0.2, 0) is 10.0 Å². The maximum atomic E-state index is 12.8. The number of ether oxygens (including phenoxy) is 3. The predicted octanol–water partition coefficient (Wildman–Crippen LogP) is 2.35. The molecule has 0 amide bonds. The average Bonchev–Trinajstić information content (AvgIpc) is 2.66. The Morgan fingerprint density at radius 2 is 1.56 bits per heavy atom. The molecule has 2 aromatic carbocycles. The van der Waals surface area contributed by atoms with E-state index in [1.54, 1.807) is 12.1 Å². The molecule has 0 bridgehead atoms. The Morgan fingerprint density at radius 1 is 0.889 bits per heavy atom. The van der Waals surface area contributed by atoms with Crippen molar-refractivity contribution in [3.05, 3.63) is 52.8 Å². The van der Waals surface area contributed by atoms with E-state index < -0.39 is 10.0 Å². The van der Waals surface area contributed by atoms with Gasteiger partial charge in [-0.15, -0.1) is 0 Å². The molecule has 0 saturated carbocycles. The first kappa shape index (κ1) is 18.6. The van der Waals surface area contributed by atoms with E-state index in [0.29, 0.717) is 28.2 Å². The molecule has 2 N–H and O–H groups in total. The number of hydrogen-bond acceptors (Lipinski definition) is 6. The molecule has 1 heterocycles. The second kappa shape index (κ2) is 7.20. The van der Waals surface area contributed by atoms with Crippen molar-refractivity contribution in [2.75, 3.05) is 26.1 Å². The number of sulfonamides is 1. The molecule has 0 unspecified atom stereocenters. The molecule has 0 saturated heterocycles. The van der Waals surface area contributed by atoms with Gasteiger partial charge >= 0.3 is 0 Å². The summed E-state index contributed by atoms with van der Waals surface area (Å²) >= 11 is 0. The van der Waals surface area contributed by atoms with E-state index in [9.17, 15) is 13.2 Å². The van der Waals surface area contributed by atoms with Crippen molar-refractivity contribution in [1.82, 2.24) is 4.98 Å². The minimum Gasteiger partial charge on any atom is -0.493 e. The quantitative estimate of drug-likeness (QED) is 0.669. The Balaban J connectivity index is 2.01. The largest absolute Gasteiger partial charge is 0.493 e. The summed E-state index contributed by atoms with van der Waals surface area (Å²) in [4.78, 5) is 14.1. The molecule has 0 atom stereocenters. The zero-order chi connectivity index (χ0) is 19.6. The second-order valence-corrected chi connectivity index (χ2v) is 7.27. The van der Waals surface area contributed by atoms with E-state index in [1.807, 2.05) is 0 Å². The Labute approximate surface area is 155 Å². The number of anilines is 1. The fraction of sp³-hybridized carbons (Fsp3) is 0.167. The topological polar surface area (TPSA) is 107 Å². The predicted molar refractivity (Wildman–Crippen MR) is 101 cm³/mol. The van der Waals surface area contributed by atoms with Crippen LogP contribution in [0.4, 0.5) is 5.69 Å². The summed E-state index contributed by atoms with van der Waals surface area (Å²) in [6, 6.07) is 10.3. The molecule has 0 aliphatic heterocycles. The molecule has 1 aromatic heterocycles. The number of hydrogen-bond donors (Lipinski definition) is 2. The molecule has 9 heteroatoms. The van der Waals surface area contributed by atoms with Crippen LogP contribution < -0.4 is 24.5 Å². The van der Waals surface area contributed by atoms with Gasteiger partial charge in [-0.1, -0.05) is 0 Å². The number of methoxy groups -OCH3 is 3. The zero-order valence-corrected chi connectivity index (χ0v) is 15.7. The minimum atomic E-state index is -3.88.